The molecule has 3 heterocycles. The molecule has 4 rings (SSSR count). The van der Waals surface area contributed by atoms with E-state index in [1.165, 1.54) is 6.33 Å². The minimum atomic E-state index is -0.395. The van der Waals surface area contributed by atoms with Crippen molar-refractivity contribution in [3.05, 3.63) is 65.4 Å². The van der Waals surface area contributed by atoms with Crippen molar-refractivity contribution in [2.75, 3.05) is 10.6 Å². The summed E-state index contributed by atoms with van der Waals surface area (Å²) >= 11 is 0. The number of aromatic nitrogens is 5. The first kappa shape index (κ1) is 17.0. The lowest BCUT2D eigenvalue weighted by molar-refractivity contribution is -0.113. The number of hydrogen-bond donors (Lipinski definition) is 2. The number of nitrogens with zero attached hydrogens (tertiary/aromatic N) is 5. The monoisotopic (exact) mass is 363 g/mol. The zero-order valence-electron chi connectivity index (χ0n) is 15.5. The molecule has 3 aromatic rings. The number of allylic oxidation sites excluding steroid dienone is 1. The summed E-state index contributed by atoms with van der Waals surface area (Å²) in [4.78, 5) is 17.5. The molecule has 1 amide bonds. The largest absolute Gasteiger partial charge is 0.328 e. The fourth-order valence-corrected chi connectivity index (χ4v) is 3.29. The molecular formula is C19H21N7O. The lowest BCUT2D eigenvalue weighted by Crippen LogP contribution is -2.31. The number of carbonyl (C=O) groups is 1. The highest BCUT2D eigenvalue weighted by atomic mass is 16.1. The molecule has 0 saturated carbocycles. The van der Waals surface area contributed by atoms with E-state index in [0.717, 1.165) is 29.1 Å². The predicted molar refractivity (Wildman–Crippen MR) is 102 cm³/mol. The molecule has 0 aliphatic carbocycles. The van der Waals surface area contributed by atoms with Crippen LogP contribution in [-0.2, 0) is 11.3 Å². The maximum absolute atomic E-state index is 13.2. The summed E-state index contributed by atoms with van der Waals surface area (Å²) in [5.41, 5.74) is 4.02. The first-order chi connectivity index (χ1) is 13.1. The molecule has 0 spiro atoms. The zero-order chi connectivity index (χ0) is 19.0. The highest BCUT2D eigenvalue weighted by Gasteiger charge is 2.34. The minimum Gasteiger partial charge on any atom is -0.328 e. The number of rotatable bonds is 4. The molecule has 8 nitrogen and oxygen atoms in total. The Labute approximate surface area is 156 Å². The lowest BCUT2D eigenvalue weighted by atomic mass is 9.97. The number of aryl methyl sites for hydroxylation is 2. The van der Waals surface area contributed by atoms with Gasteiger partial charge in [-0.15, -0.1) is 0 Å². The molecular weight excluding hydrogens is 342 g/mol. The molecule has 27 heavy (non-hydrogen) atoms. The van der Waals surface area contributed by atoms with Crippen LogP contribution in [-0.4, -0.2) is 30.5 Å². The molecule has 1 atom stereocenters. The van der Waals surface area contributed by atoms with Crippen molar-refractivity contribution < 1.29 is 4.79 Å². The van der Waals surface area contributed by atoms with Crippen molar-refractivity contribution in [2.45, 2.75) is 33.4 Å². The number of benzene rings is 1. The van der Waals surface area contributed by atoms with Crippen LogP contribution in [0.2, 0.25) is 0 Å². The minimum absolute atomic E-state index is 0.176. The summed E-state index contributed by atoms with van der Waals surface area (Å²) in [5, 5.41) is 14.9. The van der Waals surface area contributed by atoms with E-state index in [2.05, 4.69) is 25.8 Å². The van der Waals surface area contributed by atoms with Gasteiger partial charge >= 0.3 is 0 Å². The molecule has 0 fully saturated rings. The highest BCUT2D eigenvalue weighted by Crippen LogP contribution is 2.35. The maximum Gasteiger partial charge on any atom is 0.255 e. The number of nitrogens with one attached hydrogen (secondary N) is 2. The Kier molecular flexibility index (Phi) is 4.23. The van der Waals surface area contributed by atoms with E-state index < -0.39 is 6.04 Å². The van der Waals surface area contributed by atoms with E-state index in [4.69, 9.17) is 0 Å². The smallest absolute Gasteiger partial charge is 0.255 e. The molecule has 1 aliphatic heterocycles. The van der Waals surface area contributed by atoms with Gasteiger partial charge in [-0.25, -0.2) is 4.68 Å². The molecule has 1 aromatic carbocycles. The fraction of sp³-hybridized carbons (Fsp3) is 0.263. The second kappa shape index (κ2) is 6.71. The fourth-order valence-electron chi connectivity index (χ4n) is 3.29. The summed E-state index contributed by atoms with van der Waals surface area (Å²) in [6.07, 6.45) is 5.20. The molecule has 1 aliphatic rings. The van der Waals surface area contributed by atoms with Crippen LogP contribution in [0, 0.1) is 6.92 Å². The van der Waals surface area contributed by atoms with Gasteiger partial charge in [0.05, 0.1) is 11.8 Å². The van der Waals surface area contributed by atoms with E-state index in [-0.39, 0.29) is 5.91 Å². The molecule has 2 aromatic heterocycles. The van der Waals surface area contributed by atoms with E-state index in [9.17, 15) is 4.79 Å². The van der Waals surface area contributed by atoms with Crippen LogP contribution in [0.4, 0.5) is 11.6 Å². The van der Waals surface area contributed by atoms with Gasteiger partial charge in [0.15, 0.2) is 0 Å². The third-order valence-corrected chi connectivity index (χ3v) is 4.73. The molecule has 0 bridgehead atoms. The van der Waals surface area contributed by atoms with E-state index in [1.807, 2.05) is 55.9 Å². The summed E-state index contributed by atoms with van der Waals surface area (Å²) in [7, 11) is 0. The Morgan fingerprint density at radius 3 is 2.81 bits per heavy atom. The van der Waals surface area contributed by atoms with Crippen LogP contribution in [0.25, 0.3) is 0 Å². The van der Waals surface area contributed by atoms with Crippen LogP contribution < -0.4 is 10.6 Å². The van der Waals surface area contributed by atoms with Crippen LogP contribution >= 0.6 is 0 Å². The Morgan fingerprint density at radius 1 is 1.26 bits per heavy atom. The van der Waals surface area contributed by atoms with Gasteiger partial charge in [-0.3, -0.25) is 9.48 Å². The standard InChI is InChI=1S/C19H21N7O/c1-4-25-10-14(9-21-25)17-16(13(3)23-19-20-11-22-26(17)19)18(27)24-15-8-6-5-7-12(15)2/h5-11,17H,4H2,1-3H3,(H,24,27)(H,20,22,23)/t17-/m0/s1. The third kappa shape index (κ3) is 2.99. The Hall–Kier alpha value is -3.42. The number of carbonyl (C=O) groups excluding carboxylic acids is 1. The summed E-state index contributed by atoms with van der Waals surface area (Å²) in [6.45, 7) is 6.62. The Balaban J connectivity index is 1.76. The number of hydrogen-bond acceptors (Lipinski definition) is 5. The number of anilines is 2. The van der Waals surface area contributed by atoms with E-state index >= 15 is 0 Å². The topological polar surface area (TPSA) is 89.7 Å². The summed E-state index contributed by atoms with van der Waals surface area (Å²) < 4.78 is 3.55. The molecule has 2 N–H and O–H groups in total. The first-order valence-electron chi connectivity index (χ1n) is 8.85. The van der Waals surface area contributed by atoms with E-state index in [0.29, 0.717) is 11.5 Å². The van der Waals surface area contributed by atoms with Crippen LogP contribution in [0.1, 0.15) is 31.0 Å². The van der Waals surface area contributed by atoms with Gasteiger partial charge in [0.1, 0.15) is 12.4 Å². The molecule has 8 heteroatoms. The normalized spacial score (nSPS) is 16.0. The average Bonchev–Trinajstić information content (AvgIpc) is 3.31. The molecule has 0 saturated heterocycles. The first-order valence-corrected chi connectivity index (χ1v) is 8.85. The van der Waals surface area contributed by atoms with Crippen molar-refractivity contribution in [2.24, 2.45) is 0 Å². The van der Waals surface area contributed by atoms with Gasteiger partial charge in [0, 0.05) is 29.7 Å². The molecule has 0 unspecified atom stereocenters. The second-order valence-electron chi connectivity index (χ2n) is 6.49. The van der Waals surface area contributed by atoms with Crippen LogP contribution in [0.15, 0.2) is 54.3 Å². The SMILES string of the molecule is CCn1cc([C@H]2C(C(=O)Nc3ccccc3C)=C(C)Nc3ncnn32)cn1. The maximum atomic E-state index is 13.2. The van der Waals surface area contributed by atoms with Gasteiger partial charge in [-0.2, -0.15) is 15.2 Å². The van der Waals surface area contributed by atoms with Gasteiger partial charge in [0.2, 0.25) is 5.95 Å². The van der Waals surface area contributed by atoms with Crippen molar-refractivity contribution in [1.82, 2.24) is 24.5 Å². The summed E-state index contributed by atoms with van der Waals surface area (Å²) in [6, 6.07) is 7.31. The van der Waals surface area contributed by atoms with Crippen molar-refractivity contribution in [3.63, 3.8) is 0 Å². The van der Waals surface area contributed by atoms with Gasteiger partial charge in [-0.05, 0) is 32.4 Å². The van der Waals surface area contributed by atoms with Gasteiger partial charge < -0.3 is 10.6 Å². The Morgan fingerprint density at radius 2 is 2.07 bits per heavy atom. The van der Waals surface area contributed by atoms with Crippen LogP contribution in [0.3, 0.4) is 0 Å². The average molecular weight is 363 g/mol. The van der Waals surface area contributed by atoms with E-state index in [1.54, 1.807) is 10.9 Å². The zero-order valence-corrected chi connectivity index (χ0v) is 15.5. The Bertz CT molecular complexity index is 1030. The van der Waals surface area contributed by atoms with Gasteiger partial charge in [-0.1, -0.05) is 18.2 Å². The van der Waals surface area contributed by atoms with Crippen molar-refractivity contribution >= 4 is 17.5 Å². The second-order valence-corrected chi connectivity index (χ2v) is 6.49. The number of amides is 1. The lowest BCUT2D eigenvalue weighted by Gasteiger charge is -2.28. The molecule has 138 valence electrons. The van der Waals surface area contributed by atoms with Crippen LogP contribution in [0.5, 0.6) is 0 Å². The number of fused-ring (bicyclic) bond motifs is 1. The van der Waals surface area contributed by atoms with Gasteiger partial charge in [0.25, 0.3) is 5.91 Å². The molecule has 0 radical (unpaired) electrons. The third-order valence-electron chi connectivity index (χ3n) is 4.73. The predicted octanol–water partition coefficient (Wildman–Crippen LogP) is 2.73. The number of para-hydroxylation sites is 1. The van der Waals surface area contributed by atoms with Crippen molar-refractivity contribution in [3.8, 4) is 0 Å². The highest BCUT2D eigenvalue weighted by molar-refractivity contribution is 6.06. The quantitative estimate of drug-likeness (QED) is 0.744. The summed E-state index contributed by atoms with van der Waals surface area (Å²) in [5.74, 6) is 0.430. The van der Waals surface area contributed by atoms with Crippen molar-refractivity contribution in [1.29, 1.82) is 0 Å².